The van der Waals surface area contributed by atoms with Crippen molar-refractivity contribution in [2.75, 3.05) is 51.8 Å². The predicted molar refractivity (Wildman–Crippen MR) is 147 cm³/mol. The Labute approximate surface area is 224 Å². The molecule has 2 aliphatic heterocycles. The molecule has 0 saturated carbocycles. The quantitative estimate of drug-likeness (QED) is 0.346. The zero-order valence-electron chi connectivity index (χ0n) is 22.8. The number of carbonyl (C=O) groups is 3. The van der Waals surface area contributed by atoms with Gasteiger partial charge in [0, 0.05) is 32.7 Å². The first-order valence-corrected chi connectivity index (χ1v) is 13.2. The molecule has 3 amide bonds. The molecule has 1 fully saturated rings. The summed E-state index contributed by atoms with van der Waals surface area (Å²) in [7, 11) is 3.16. The van der Waals surface area contributed by atoms with Crippen LogP contribution in [0.1, 0.15) is 53.0 Å². The van der Waals surface area contributed by atoms with E-state index in [2.05, 4.69) is 11.5 Å². The van der Waals surface area contributed by atoms with Crippen molar-refractivity contribution in [3.8, 4) is 11.5 Å². The molecule has 8 nitrogen and oxygen atoms in total. The van der Waals surface area contributed by atoms with Crippen LogP contribution in [0.15, 0.2) is 48.6 Å². The van der Waals surface area contributed by atoms with Crippen molar-refractivity contribution >= 4 is 23.4 Å². The van der Waals surface area contributed by atoms with E-state index >= 15 is 0 Å². The number of ether oxygens (including phenoxy) is 2. The smallest absolute Gasteiger partial charge is 0.263 e. The summed E-state index contributed by atoms with van der Waals surface area (Å²) in [6, 6.07) is 11.0. The van der Waals surface area contributed by atoms with Gasteiger partial charge in [-0.05, 0) is 62.9 Å². The van der Waals surface area contributed by atoms with Crippen molar-refractivity contribution in [1.29, 1.82) is 0 Å². The summed E-state index contributed by atoms with van der Waals surface area (Å²) in [6.45, 7) is 10.6. The lowest BCUT2D eigenvalue weighted by atomic mass is 9.94. The maximum Gasteiger partial charge on any atom is 0.263 e. The van der Waals surface area contributed by atoms with Gasteiger partial charge in [-0.15, -0.1) is 0 Å². The highest BCUT2D eigenvalue weighted by Crippen LogP contribution is 2.35. The molecule has 4 rings (SSSR count). The third kappa shape index (κ3) is 5.39. The van der Waals surface area contributed by atoms with Crippen LogP contribution in [0, 0.1) is 5.92 Å². The molecule has 2 heterocycles. The van der Waals surface area contributed by atoms with Crippen LogP contribution in [-0.2, 0) is 11.2 Å². The van der Waals surface area contributed by atoms with Gasteiger partial charge in [0.05, 0.1) is 37.0 Å². The van der Waals surface area contributed by atoms with Gasteiger partial charge in [-0.2, -0.15) is 0 Å². The van der Waals surface area contributed by atoms with Crippen LogP contribution in [0.5, 0.6) is 11.5 Å². The van der Waals surface area contributed by atoms with Crippen LogP contribution in [0.3, 0.4) is 0 Å². The number of benzene rings is 2. The Morgan fingerprint density at radius 3 is 2.55 bits per heavy atom. The zero-order valence-corrected chi connectivity index (χ0v) is 22.8. The molecule has 2 aromatic carbocycles. The highest BCUT2D eigenvalue weighted by atomic mass is 16.5. The Bertz CT molecular complexity index is 1240. The van der Waals surface area contributed by atoms with E-state index in [0.29, 0.717) is 48.7 Å². The number of hydrogen-bond acceptors (Lipinski definition) is 6. The molecule has 0 unspecified atom stereocenters. The number of likely N-dealkylation sites (N-methyl/N-ethyl adjacent to an activating group) is 1. The lowest BCUT2D eigenvalue weighted by Gasteiger charge is -2.36. The fourth-order valence-corrected chi connectivity index (χ4v) is 5.39. The lowest BCUT2D eigenvalue weighted by Crippen LogP contribution is -2.45. The second kappa shape index (κ2) is 11.7. The van der Waals surface area contributed by atoms with Crippen molar-refractivity contribution in [2.24, 2.45) is 5.92 Å². The van der Waals surface area contributed by atoms with Crippen LogP contribution in [0.25, 0.3) is 0 Å². The fourth-order valence-electron chi connectivity index (χ4n) is 5.39. The highest BCUT2D eigenvalue weighted by Gasteiger charge is 2.39. The Morgan fingerprint density at radius 1 is 1.11 bits per heavy atom. The molecule has 1 saturated heterocycles. The molecule has 0 aliphatic carbocycles. The molecule has 0 N–H and O–H groups in total. The van der Waals surface area contributed by atoms with E-state index in [1.807, 2.05) is 49.1 Å². The topological polar surface area (TPSA) is 79.4 Å². The summed E-state index contributed by atoms with van der Waals surface area (Å²) in [4.78, 5) is 45.3. The number of carbonyl (C=O) groups excluding carboxylic acids is 3. The van der Waals surface area contributed by atoms with Gasteiger partial charge in [0.1, 0.15) is 0 Å². The van der Waals surface area contributed by atoms with E-state index in [1.165, 1.54) is 4.90 Å². The molecule has 1 atom stereocenters. The largest absolute Gasteiger partial charge is 0.493 e. The number of nitrogens with zero attached hydrogens (tertiary/aromatic N) is 3. The summed E-state index contributed by atoms with van der Waals surface area (Å²) >= 11 is 0. The van der Waals surface area contributed by atoms with Crippen LogP contribution in [-0.4, -0.2) is 74.5 Å². The first-order valence-electron chi connectivity index (χ1n) is 13.2. The number of methoxy groups -OCH3 is 2. The summed E-state index contributed by atoms with van der Waals surface area (Å²) < 4.78 is 10.7. The summed E-state index contributed by atoms with van der Waals surface area (Å²) in [5.74, 6) is 0.622. The third-order valence-electron chi connectivity index (χ3n) is 7.31. The average molecular weight is 520 g/mol. The highest BCUT2D eigenvalue weighted by molar-refractivity contribution is 6.23. The molecule has 2 aromatic rings. The van der Waals surface area contributed by atoms with Crippen molar-refractivity contribution in [3.05, 3.63) is 65.2 Å². The normalized spacial score (nSPS) is 16.9. The molecular formula is C30H37N3O5. The second-order valence-corrected chi connectivity index (χ2v) is 10.00. The van der Waals surface area contributed by atoms with E-state index < -0.39 is 0 Å². The van der Waals surface area contributed by atoms with Gasteiger partial charge in [0.2, 0.25) is 5.91 Å². The Hall–Kier alpha value is -3.81. The second-order valence-electron chi connectivity index (χ2n) is 10.00. The Balaban J connectivity index is 1.51. The monoisotopic (exact) mass is 519 g/mol. The van der Waals surface area contributed by atoms with E-state index in [1.54, 1.807) is 20.3 Å². The van der Waals surface area contributed by atoms with E-state index in [9.17, 15) is 14.4 Å². The van der Waals surface area contributed by atoms with Crippen LogP contribution in [0.4, 0.5) is 5.69 Å². The van der Waals surface area contributed by atoms with Gasteiger partial charge < -0.3 is 19.3 Å². The Morgan fingerprint density at radius 2 is 1.87 bits per heavy atom. The summed E-state index contributed by atoms with van der Waals surface area (Å²) in [6.07, 6.45) is 2.15. The first kappa shape index (κ1) is 27.2. The van der Waals surface area contributed by atoms with Gasteiger partial charge in [-0.1, -0.05) is 24.3 Å². The van der Waals surface area contributed by atoms with Crippen LogP contribution < -0.4 is 14.4 Å². The fraction of sp³-hybridized carbons (Fsp3) is 0.433. The molecule has 0 bridgehead atoms. The number of anilines is 1. The Kier molecular flexibility index (Phi) is 8.39. The number of amides is 3. The molecule has 202 valence electrons. The SMILES string of the molecule is C=C(C)CN(CC)C(=O)[C@@H]1CCCN(c2cccc3c2C(=O)N(CCc2ccc(OC)c(OC)c2)C3=O)C1. The number of hydrogen-bond donors (Lipinski definition) is 0. The first-order chi connectivity index (χ1) is 18.3. The van der Waals surface area contributed by atoms with Gasteiger partial charge in [-0.25, -0.2) is 0 Å². The van der Waals surface area contributed by atoms with Crippen LogP contribution in [0.2, 0.25) is 0 Å². The minimum absolute atomic E-state index is 0.117. The lowest BCUT2D eigenvalue weighted by molar-refractivity contribution is -0.135. The van der Waals surface area contributed by atoms with Crippen molar-refractivity contribution < 1.29 is 23.9 Å². The molecular weight excluding hydrogens is 482 g/mol. The van der Waals surface area contributed by atoms with Crippen molar-refractivity contribution in [1.82, 2.24) is 9.80 Å². The molecule has 2 aliphatic rings. The molecule has 0 spiro atoms. The minimum atomic E-state index is -0.285. The average Bonchev–Trinajstić information content (AvgIpc) is 3.18. The molecule has 0 radical (unpaired) electrons. The van der Waals surface area contributed by atoms with Gasteiger partial charge in [-0.3, -0.25) is 19.3 Å². The number of imide groups is 1. The third-order valence-corrected chi connectivity index (χ3v) is 7.31. The van der Waals surface area contributed by atoms with Gasteiger partial charge in [0.15, 0.2) is 11.5 Å². The van der Waals surface area contributed by atoms with Crippen molar-refractivity contribution in [2.45, 2.75) is 33.1 Å². The number of fused-ring (bicyclic) bond motifs is 1. The molecule has 8 heteroatoms. The van der Waals surface area contributed by atoms with Crippen molar-refractivity contribution in [3.63, 3.8) is 0 Å². The molecule has 38 heavy (non-hydrogen) atoms. The van der Waals surface area contributed by atoms with Crippen LogP contribution >= 0.6 is 0 Å². The number of piperidine rings is 1. The summed E-state index contributed by atoms with van der Waals surface area (Å²) in [5, 5.41) is 0. The maximum absolute atomic E-state index is 13.6. The van der Waals surface area contributed by atoms with Gasteiger partial charge in [0.25, 0.3) is 11.8 Å². The number of rotatable bonds is 10. The molecule has 0 aromatic heterocycles. The van der Waals surface area contributed by atoms with E-state index in [4.69, 9.17) is 9.47 Å². The minimum Gasteiger partial charge on any atom is -0.493 e. The van der Waals surface area contributed by atoms with E-state index in [-0.39, 0.29) is 30.2 Å². The predicted octanol–water partition coefficient (Wildman–Crippen LogP) is 4.18. The summed E-state index contributed by atoms with van der Waals surface area (Å²) in [5.41, 5.74) is 3.48. The standard InChI is InChI=1S/C30H37N3O5/c1-6-31(18-20(2)3)28(34)22-9-8-15-32(19-22)24-11-7-10-23-27(24)30(36)33(29(23)35)16-14-21-12-13-25(37-4)26(17-21)38-5/h7,10-13,17,22H,2,6,8-9,14-16,18-19H2,1,3-5H3/t22-/m1/s1. The maximum atomic E-state index is 13.6. The van der Waals surface area contributed by atoms with Gasteiger partial charge >= 0.3 is 0 Å². The zero-order chi connectivity index (χ0) is 27.4. The van der Waals surface area contributed by atoms with E-state index in [0.717, 1.165) is 36.2 Å².